The maximum atomic E-state index is 11.8. The molecule has 4 nitrogen and oxygen atoms in total. The molecule has 1 aromatic rings. The topological polar surface area (TPSA) is 58.4 Å². The van der Waals surface area contributed by atoms with Gasteiger partial charge < -0.3 is 16.0 Å². The zero-order chi connectivity index (χ0) is 12.8. The number of hydrogen-bond acceptors (Lipinski definition) is 3. The van der Waals surface area contributed by atoms with Crippen LogP contribution in [0.3, 0.4) is 0 Å². The molecule has 0 aromatic heterocycles. The molecule has 0 saturated heterocycles. The molecule has 0 atom stereocenters. The highest BCUT2D eigenvalue weighted by Gasteiger charge is 2.09. The first-order valence-corrected chi connectivity index (χ1v) is 6.35. The van der Waals surface area contributed by atoms with Gasteiger partial charge in [-0.05, 0) is 31.8 Å². The summed E-state index contributed by atoms with van der Waals surface area (Å²) in [6, 6.07) is 5.26. The molecule has 17 heavy (non-hydrogen) atoms. The molecule has 94 valence electrons. The largest absolute Gasteiger partial charge is 0.398 e. The molecule has 0 aliphatic carbocycles. The highest BCUT2D eigenvalue weighted by atomic mass is 79.9. The van der Waals surface area contributed by atoms with Gasteiger partial charge in [0.05, 0.1) is 5.56 Å². The van der Waals surface area contributed by atoms with Gasteiger partial charge in [0.15, 0.2) is 0 Å². The third-order valence-electron chi connectivity index (χ3n) is 2.58. The van der Waals surface area contributed by atoms with Crippen molar-refractivity contribution in [1.29, 1.82) is 0 Å². The van der Waals surface area contributed by atoms with Crippen molar-refractivity contribution in [3.8, 4) is 0 Å². The van der Waals surface area contributed by atoms with Gasteiger partial charge in [0.25, 0.3) is 5.91 Å². The lowest BCUT2D eigenvalue weighted by molar-refractivity contribution is 0.0951. The molecule has 0 aliphatic heterocycles. The number of hydrogen-bond donors (Lipinski definition) is 2. The molecular formula is C12H18BrN3O. The van der Waals surface area contributed by atoms with Crippen LogP contribution in [-0.4, -0.2) is 37.5 Å². The second-order valence-electron chi connectivity index (χ2n) is 3.88. The highest BCUT2D eigenvalue weighted by molar-refractivity contribution is 9.10. The van der Waals surface area contributed by atoms with Crippen LogP contribution in [0, 0.1) is 0 Å². The highest BCUT2D eigenvalue weighted by Crippen LogP contribution is 2.18. The number of benzene rings is 1. The van der Waals surface area contributed by atoms with Gasteiger partial charge in [-0.3, -0.25) is 4.79 Å². The number of anilines is 1. The monoisotopic (exact) mass is 299 g/mol. The summed E-state index contributed by atoms with van der Waals surface area (Å²) in [5.41, 5.74) is 6.79. The minimum absolute atomic E-state index is 0.125. The van der Waals surface area contributed by atoms with E-state index in [1.807, 2.05) is 13.1 Å². The molecule has 0 aliphatic rings. The number of likely N-dealkylation sites (N-methyl/N-ethyl adjacent to an activating group) is 1. The van der Waals surface area contributed by atoms with E-state index in [9.17, 15) is 4.79 Å². The second-order valence-corrected chi connectivity index (χ2v) is 4.80. The predicted molar refractivity (Wildman–Crippen MR) is 74.1 cm³/mol. The van der Waals surface area contributed by atoms with E-state index in [-0.39, 0.29) is 5.91 Å². The summed E-state index contributed by atoms with van der Waals surface area (Å²) in [5, 5.41) is 2.85. The van der Waals surface area contributed by atoms with E-state index in [2.05, 4.69) is 33.1 Å². The lowest BCUT2D eigenvalue weighted by Gasteiger charge is -2.14. The molecule has 0 fully saturated rings. The van der Waals surface area contributed by atoms with Crippen molar-refractivity contribution in [2.75, 3.05) is 32.4 Å². The summed E-state index contributed by atoms with van der Waals surface area (Å²) in [5.74, 6) is -0.125. The lowest BCUT2D eigenvalue weighted by Crippen LogP contribution is -2.33. The van der Waals surface area contributed by atoms with Gasteiger partial charge in [-0.15, -0.1) is 0 Å². The standard InChI is InChI=1S/C12H18BrN3O/c1-3-16(2)7-6-15-12(17)10-5-4-9(13)8-11(10)14/h4-5,8H,3,6-7,14H2,1-2H3,(H,15,17). The Morgan fingerprint density at radius 3 is 2.82 bits per heavy atom. The summed E-state index contributed by atoms with van der Waals surface area (Å²) in [7, 11) is 2.01. The Kier molecular flexibility index (Phi) is 5.44. The third-order valence-corrected chi connectivity index (χ3v) is 3.07. The average molecular weight is 300 g/mol. The van der Waals surface area contributed by atoms with Crippen molar-refractivity contribution < 1.29 is 4.79 Å². The van der Waals surface area contributed by atoms with Crippen molar-refractivity contribution in [1.82, 2.24) is 10.2 Å². The van der Waals surface area contributed by atoms with Crippen LogP contribution in [0.25, 0.3) is 0 Å². The van der Waals surface area contributed by atoms with E-state index in [1.165, 1.54) is 0 Å². The number of rotatable bonds is 5. The number of nitrogens with zero attached hydrogens (tertiary/aromatic N) is 1. The quantitative estimate of drug-likeness (QED) is 0.814. The van der Waals surface area contributed by atoms with Gasteiger partial charge in [0.2, 0.25) is 0 Å². The molecule has 0 bridgehead atoms. The molecule has 0 spiro atoms. The van der Waals surface area contributed by atoms with E-state index in [0.29, 0.717) is 17.8 Å². The molecule has 0 radical (unpaired) electrons. The molecule has 1 rings (SSSR count). The number of halogens is 1. The fourth-order valence-corrected chi connectivity index (χ4v) is 1.73. The number of nitrogen functional groups attached to an aromatic ring is 1. The molecule has 0 saturated carbocycles. The zero-order valence-electron chi connectivity index (χ0n) is 10.2. The minimum atomic E-state index is -0.125. The Labute approximate surface area is 110 Å². The molecule has 3 N–H and O–H groups in total. The van der Waals surface area contributed by atoms with Crippen LogP contribution in [0.5, 0.6) is 0 Å². The first-order valence-electron chi connectivity index (χ1n) is 5.56. The predicted octanol–water partition coefficient (Wildman–Crippen LogP) is 1.71. The molecule has 5 heteroatoms. The van der Waals surface area contributed by atoms with Crippen LogP contribution in [-0.2, 0) is 0 Å². The van der Waals surface area contributed by atoms with Gasteiger partial charge in [0, 0.05) is 23.2 Å². The lowest BCUT2D eigenvalue weighted by atomic mass is 10.1. The number of carbonyl (C=O) groups is 1. The summed E-state index contributed by atoms with van der Waals surface area (Å²) in [6.45, 7) is 4.50. The molecule has 0 unspecified atom stereocenters. The summed E-state index contributed by atoms with van der Waals surface area (Å²) in [4.78, 5) is 14.0. The first-order chi connectivity index (χ1) is 8.04. The number of amides is 1. The summed E-state index contributed by atoms with van der Waals surface area (Å²) >= 11 is 3.31. The Bertz CT molecular complexity index is 395. The van der Waals surface area contributed by atoms with Crippen LogP contribution >= 0.6 is 15.9 Å². The first kappa shape index (κ1) is 14.0. The maximum Gasteiger partial charge on any atom is 0.253 e. The Balaban J connectivity index is 2.52. The van der Waals surface area contributed by atoms with Crippen LogP contribution < -0.4 is 11.1 Å². The van der Waals surface area contributed by atoms with Gasteiger partial charge in [-0.2, -0.15) is 0 Å². The third kappa shape index (κ3) is 4.36. The Hall–Kier alpha value is -1.07. The Morgan fingerprint density at radius 1 is 1.53 bits per heavy atom. The van der Waals surface area contributed by atoms with E-state index < -0.39 is 0 Å². The van der Waals surface area contributed by atoms with Crippen molar-refractivity contribution in [3.05, 3.63) is 28.2 Å². The van der Waals surface area contributed by atoms with E-state index in [1.54, 1.807) is 12.1 Å². The fourth-order valence-electron chi connectivity index (χ4n) is 1.35. The number of carbonyl (C=O) groups excluding carboxylic acids is 1. The smallest absolute Gasteiger partial charge is 0.253 e. The minimum Gasteiger partial charge on any atom is -0.398 e. The molecule has 0 heterocycles. The molecular weight excluding hydrogens is 282 g/mol. The van der Waals surface area contributed by atoms with Gasteiger partial charge >= 0.3 is 0 Å². The van der Waals surface area contributed by atoms with E-state index in [4.69, 9.17) is 5.73 Å². The second kappa shape index (κ2) is 6.61. The molecule has 1 aromatic carbocycles. The summed E-state index contributed by atoms with van der Waals surface area (Å²) in [6.07, 6.45) is 0. The zero-order valence-corrected chi connectivity index (χ0v) is 11.8. The van der Waals surface area contributed by atoms with Gasteiger partial charge in [-0.1, -0.05) is 22.9 Å². The number of nitrogens with one attached hydrogen (secondary N) is 1. The van der Waals surface area contributed by atoms with E-state index in [0.717, 1.165) is 17.6 Å². The van der Waals surface area contributed by atoms with Crippen molar-refractivity contribution in [3.63, 3.8) is 0 Å². The number of nitrogens with two attached hydrogens (primary N) is 1. The van der Waals surface area contributed by atoms with E-state index >= 15 is 0 Å². The van der Waals surface area contributed by atoms with Crippen LogP contribution in [0.1, 0.15) is 17.3 Å². The van der Waals surface area contributed by atoms with Gasteiger partial charge in [-0.25, -0.2) is 0 Å². The van der Waals surface area contributed by atoms with Crippen molar-refractivity contribution in [2.45, 2.75) is 6.92 Å². The SMILES string of the molecule is CCN(C)CCNC(=O)c1ccc(Br)cc1N. The van der Waals surface area contributed by atoms with Crippen molar-refractivity contribution >= 4 is 27.5 Å². The fraction of sp³-hybridized carbons (Fsp3) is 0.417. The normalized spacial score (nSPS) is 10.6. The van der Waals surface area contributed by atoms with Crippen LogP contribution in [0.2, 0.25) is 0 Å². The maximum absolute atomic E-state index is 11.8. The average Bonchev–Trinajstić information content (AvgIpc) is 2.28. The van der Waals surface area contributed by atoms with Gasteiger partial charge in [0.1, 0.15) is 0 Å². The Morgan fingerprint density at radius 2 is 2.24 bits per heavy atom. The molecule has 1 amide bonds. The summed E-state index contributed by atoms with van der Waals surface area (Å²) < 4.78 is 0.872. The van der Waals surface area contributed by atoms with Crippen LogP contribution in [0.15, 0.2) is 22.7 Å². The van der Waals surface area contributed by atoms with Crippen molar-refractivity contribution in [2.24, 2.45) is 0 Å². The van der Waals surface area contributed by atoms with Crippen LogP contribution in [0.4, 0.5) is 5.69 Å².